The summed E-state index contributed by atoms with van der Waals surface area (Å²) in [5.41, 5.74) is 4.04. The number of rotatable bonds is 6. The van der Waals surface area contributed by atoms with Gasteiger partial charge in [0.1, 0.15) is 12.1 Å². The molecule has 0 atom stereocenters. The van der Waals surface area contributed by atoms with Gasteiger partial charge in [0.15, 0.2) is 0 Å². The van der Waals surface area contributed by atoms with Crippen molar-refractivity contribution in [2.45, 2.75) is 6.92 Å². The summed E-state index contributed by atoms with van der Waals surface area (Å²) in [4.78, 5) is 28.8. The topological polar surface area (TPSA) is 76.0 Å². The second-order valence-electron chi connectivity index (χ2n) is 7.13. The molecule has 7 heteroatoms. The van der Waals surface area contributed by atoms with Gasteiger partial charge in [-0.3, -0.25) is 14.2 Å². The van der Waals surface area contributed by atoms with Crippen LogP contribution in [0.15, 0.2) is 73.1 Å². The lowest BCUT2D eigenvalue weighted by atomic mass is 10.1. The Morgan fingerprint density at radius 1 is 0.903 bits per heavy atom. The number of halogens is 1. The predicted molar refractivity (Wildman–Crippen MR) is 117 cm³/mol. The van der Waals surface area contributed by atoms with Crippen molar-refractivity contribution in [2.24, 2.45) is 0 Å². The maximum absolute atomic E-state index is 13.6. The summed E-state index contributed by atoms with van der Waals surface area (Å²) < 4.78 is 15.5. The fourth-order valence-corrected chi connectivity index (χ4v) is 3.23. The number of fused-ring (bicyclic) bond motifs is 1. The van der Waals surface area contributed by atoms with Gasteiger partial charge in [0.25, 0.3) is 11.8 Å². The predicted octanol–water partition coefficient (Wildman–Crippen LogP) is 3.63. The summed E-state index contributed by atoms with van der Waals surface area (Å²) in [6.45, 7) is 2.13. The number of carbonyl (C=O) groups is 2. The highest BCUT2D eigenvalue weighted by Gasteiger charge is 2.09. The number of imidazole rings is 1. The van der Waals surface area contributed by atoms with Crippen molar-refractivity contribution < 1.29 is 14.0 Å². The summed E-state index contributed by atoms with van der Waals surface area (Å²) in [6.07, 6.45) is 1.75. The van der Waals surface area contributed by atoms with Gasteiger partial charge in [0.2, 0.25) is 0 Å². The average molecular weight is 416 g/mol. The van der Waals surface area contributed by atoms with Crippen LogP contribution in [0.25, 0.3) is 16.7 Å². The first-order chi connectivity index (χ1) is 15.0. The molecule has 0 saturated carbocycles. The Bertz CT molecular complexity index is 1250. The third kappa shape index (κ3) is 4.45. The number of para-hydroxylation sites is 2. The summed E-state index contributed by atoms with van der Waals surface area (Å²) in [7, 11) is 0. The van der Waals surface area contributed by atoms with Crippen LogP contribution in [0.4, 0.5) is 4.39 Å². The molecule has 2 N–H and O–H groups in total. The van der Waals surface area contributed by atoms with Gasteiger partial charge >= 0.3 is 0 Å². The van der Waals surface area contributed by atoms with Crippen LogP contribution >= 0.6 is 0 Å². The first kappa shape index (κ1) is 20.3. The summed E-state index contributed by atoms with van der Waals surface area (Å²) in [6, 6.07) is 19.4. The van der Waals surface area contributed by atoms with E-state index < -0.39 is 5.82 Å². The Morgan fingerprint density at radius 2 is 1.55 bits per heavy atom. The monoisotopic (exact) mass is 416 g/mol. The molecule has 31 heavy (non-hydrogen) atoms. The largest absolute Gasteiger partial charge is 0.350 e. The zero-order valence-electron chi connectivity index (χ0n) is 16.9. The van der Waals surface area contributed by atoms with E-state index in [1.807, 2.05) is 41.0 Å². The Hall–Kier alpha value is -4.00. The maximum atomic E-state index is 13.6. The minimum atomic E-state index is -0.423. The molecule has 0 fully saturated rings. The summed E-state index contributed by atoms with van der Waals surface area (Å²) in [5.74, 6) is -1.05. The third-order valence-electron chi connectivity index (χ3n) is 4.99. The van der Waals surface area contributed by atoms with Crippen molar-refractivity contribution >= 4 is 22.8 Å². The molecule has 4 aromatic rings. The fourth-order valence-electron chi connectivity index (χ4n) is 3.23. The van der Waals surface area contributed by atoms with E-state index in [0.717, 1.165) is 16.7 Å². The Kier molecular flexibility index (Phi) is 5.75. The molecule has 0 saturated heterocycles. The molecule has 0 bridgehead atoms. The first-order valence-corrected chi connectivity index (χ1v) is 9.88. The lowest BCUT2D eigenvalue weighted by Gasteiger charge is -2.09. The Labute approximate surface area is 178 Å². The van der Waals surface area contributed by atoms with E-state index in [9.17, 15) is 14.0 Å². The zero-order valence-corrected chi connectivity index (χ0v) is 16.9. The number of nitrogens with zero attached hydrogens (tertiary/aromatic N) is 2. The molecule has 0 aliphatic carbocycles. The second-order valence-corrected chi connectivity index (χ2v) is 7.13. The van der Waals surface area contributed by atoms with Crippen molar-refractivity contribution in [3.63, 3.8) is 0 Å². The number of hydrogen-bond donors (Lipinski definition) is 2. The van der Waals surface area contributed by atoms with Crippen LogP contribution in [0, 0.1) is 12.7 Å². The van der Waals surface area contributed by atoms with Gasteiger partial charge < -0.3 is 10.6 Å². The van der Waals surface area contributed by atoms with Crippen molar-refractivity contribution in [3.05, 3.63) is 95.6 Å². The van der Waals surface area contributed by atoms with Crippen molar-refractivity contribution in [3.8, 4) is 5.69 Å². The quantitative estimate of drug-likeness (QED) is 0.471. The molecule has 0 aliphatic rings. The Morgan fingerprint density at radius 3 is 2.26 bits per heavy atom. The van der Waals surface area contributed by atoms with Crippen LogP contribution in [0.3, 0.4) is 0 Å². The van der Waals surface area contributed by atoms with Crippen LogP contribution in [0.1, 0.15) is 26.3 Å². The molecular weight excluding hydrogens is 395 g/mol. The molecule has 4 rings (SSSR count). The van der Waals surface area contributed by atoms with Gasteiger partial charge in [0, 0.05) is 29.9 Å². The van der Waals surface area contributed by atoms with Gasteiger partial charge in [-0.25, -0.2) is 9.37 Å². The number of aromatic nitrogens is 2. The molecule has 0 radical (unpaired) electrons. The smallest absolute Gasteiger partial charge is 0.251 e. The Balaban J connectivity index is 1.31. The average Bonchev–Trinajstić information content (AvgIpc) is 3.22. The molecular formula is C24H21FN4O2. The van der Waals surface area contributed by atoms with Crippen LogP contribution in [0.2, 0.25) is 0 Å². The molecule has 156 valence electrons. The minimum absolute atomic E-state index is 0.235. The van der Waals surface area contributed by atoms with Crippen LogP contribution < -0.4 is 10.6 Å². The molecule has 1 aromatic heterocycles. The van der Waals surface area contributed by atoms with Gasteiger partial charge in [0.05, 0.1) is 11.0 Å². The molecule has 6 nitrogen and oxygen atoms in total. The highest BCUT2D eigenvalue weighted by molar-refractivity contribution is 5.95. The number of amides is 2. The number of hydrogen-bond acceptors (Lipinski definition) is 3. The minimum Gasteiger partial charge on any atom is -0.350 e. The van der Waals surface area contributed by atoms with Crippen LogP contribution in [-0.2, 0) is 0 Å². The standard InChI is InChI=1S/C24H21FN4O2/c1-16-6-7-18(14-20(16)25)24(31)27-13-12-26-23(30)17-8-10-19(11-9-17)29-15-28-21-4-2-3-5-22(21)29/h2-11,14-15H,12-13H2,1H3,(H,26,30)(H,27,31). The van der Waals surface area contributed by atoms with Gasteiger partial charge in [-0.15, -0.1) is 0 Å². The van der Waals surface area contributed by atoms with E-state index in [-0.39, 0.29) is 30.5 Å². The third-order valence-corrected chi connectivity index (χ3v) is 4.99. The van der Waals surface area contributed by atoms with Crippen molar-refractivity contribution in [1.82, 2.24) is 20.2 Å². The number of carbonyl (C=O) groups excluding carboxylic acids is 2. The SMILES string of the molecule is Cc1ccc(C(=O)NCCNC(=O)c2ccc(-n3cnc4ccccc43)cc2)cc1F. The molecule has 2 amide bonds. The van der Waals surface area contributed by atoms with Gasteiger partial charge in [-0.1, -0.05) is 18.2 Å². The summed E-state index contributed by atoms with van der Waals surface area (Å²) >= 11 is 0. The van der Waals surface area contributed by atoms with E-state index in [0.29, 0.717) is 11.1 Å². The van der Waals surface area contributed by atoms with E-state index in [2.05, 4.69) is 15.6 Å². The van der Waals surface area contributed by atoms with Crippen molar-refractivity contribution in [1.29, 1.82) is 0 Å². The van der Waals surface area contributed by atoms with Gasteiger partial charge in [-0.2, -0.15) is 0 Å². The van der Waals surface area contributed by atoms with Crippen LogP contribution in [0.5, 0.6) is 0 Å². The van der Waals surface area contributed by atoms with E-state index in [4.69, 9.17) is 0 Å². The zero-order chi connectivity index (χ0) is 21.8. The van der Waals surface area contributed by atoms with E-state index >= 15 is 0 Å². The maximum Gasteiger partial charge on any atom is 0.251 e. The highest BCUT2D eigenvalue weighted by atomic mass is 19.1. The van der Waals surface area contributed by atoms with E-state index in [1.165, 1.54) is 6.07 Å². The molecule has 0 unspecified atom stereocenters. The second kappa shape index (κ2) is 8.79. The first-order valence-electron chi connectivity index (χ1n) is 9.88. The van der Waals surface area contributed by atoms with Gasteiger partial charge in [-0.05, 0) is 61.0 Å². The number of benzene rings is 3. The van der Waals surface area contributed by atoms with E-state index in [1.54, 1.807) is 37.5 Å². The lowest BCUT2D eigenvalue weighted by Crippen LogP contribution is -2.34. The summed E-state index contributed by atoms with van der Waals surface area (Å²) in [5, 5.41) is 5.43. The molecule has 3 aromatic carbocycles. The highest BCUT2D eigenvalue weighted by Crippen LogP contribution is 2.18. The number of nitrogens with one attached hydrogen (secondary N) is 2. The molecule has 1 heterocycles. The van der Waals surface area contributed by atoms with Crippen molar-refractivity contribution in [2.75, 3.05) is 13.1 Å². The fraction of sp³-hybridized carbons (Fsp3) is 0.125. The number of aryl methyl sites for hydroxylation is 1. The van der Waals surface area contributed by atoms with Crippen LogP contribution in [-0.4, -0.2) is 34.5 Å². The molecule has 0 aliphatic heterocycles. The molecule has 0 spiro atoms. The lowest BCUT2D eigenvalue weighted by molar-refractivity contribution is 0.0927. The normalized spacial score (nSPS) is 10.8.